The number of ether oxygens (including phenoxy) is 2. The minimum absolute atomic E-state index is 0.323. The summed E-state index contributed by atoms with van der Waals surface area (Å²) in [4.78, 5) is 0. The van der Waals surface area contributed by atoms with Crippen LogP contribution in [0.15, 0.2) is 39.3 Å². The van der Waals surface area contributed by atoms with E-state index in [4.69, 9.17) is 21.1 Å². The zero-order valence-corrected chi connectivity index (χ0v) is 15.8. The van der Waals surface area contributed by atoms with Crippen LogP contribution >= 0.6 is 43.5 Å². The highest BCUT2D eigenvalue weighted by atomic mass is 79.9. The van der Waals surface area contributed by atoms with E-state index in [0.717, 1.165) is 25.6 Å². The molecule has 1 atom stereocenters. The van der Waals surface area contributed by atoms with Crippen LogP contribution in [0.4, 0.5) is 0 Å². The second-order valence-electron chi connectivity index (χ2n) is 4.59. The predicted octanol–water partition coefficient (Wildman–Crippen LogP) is 5.87. The molecule has 0 aromatic heterocycles. The summed E-state index contributed by atoms with van der Waals surface area (Å²) < 4.78 is 12.5. The Morgan fingerprint density at radius 3 is 2.33 bits per heavy atom. The number of alkyl halides is 1. The number of hydrogen-bond donors (Lipinski definition) is 0. The molecule has 0 saturated heterocycles. The Hall–Kier alpha value is -0.710. The second-order valence-corrected chi connectivity index (χ2v) is 6.68. The Bertz CT molecular complexity index is 659. The van der Waals surface area contributed by atoms with E-state index in [9.17, 15) is 0 Å². The van der Waals surface area contributed by atoms with Gasteiger partial charge >= 0.3 is 0 Å². The average molecular weight is 435 g/mol. The van der Waals surface area contributed by atoms with Gasteiger partial charge in [-0.3, -0.25) is 0 Å². The fourth-order valence-corrected chi connectivity index (χ4v) is 3.79. The molecule has 0 aliphatic rings. The van der Waals surface area contributed by atoms with E-state index >= 15 is 0 Å². The zero-order chi connectivity index (χ0) is 15.6. The topological polar surface area (TPSA) is 18.5 Å². The largest absolute Gasteiger partial charge is 0.495 e. The van der Waals surface area contributed by atoms with Crippen LogP contribution in [-0.2, 0) is 0 Å². The molecule has 0 aliphatic carbocycles. The first-order valence-electron chi connectivity index (χ1n) is 6.30. The van der Waals surface area contributed by atoms with Gasteiger partial charge in [0, 0.05) is 10.0 Å². The van der Waals surface area contributed by atoms with E-state index in [2.05, 4.69) is 37.9 Å². The molecular formula is C16H15Br2ClO2. The van der Waals surface area contributed by atoms with Crippen LogP contribution in [0.2, 0.25) is 0 Å². The lowest BCUT2D eigenvalue weighted by Gasteiger charge is -2.18. The second kappa shape index (κ2) is 7.03. The van der Waals surface area contributed by atoms with Crippen molar-refractivity contribution in [3.8, 4) is 11.5 Å². The highest BCUT2D eigenvalue weighted by Gasteiger charge is 2.21. The van der Waals surface area contributed by atoms with Crippen LogP contribution in [-0.4, -0.2) is 14.2 Å². The molecule has 112 valence electrons. The fraction of sp³-hybridized carbons (Fsp3) is 0.250. The molecule has 0 bridgehead atoms. The molecule has 5 heteroatoms. The molecular weight excluding hydrogens is 419 g/mol. The lowest BCUT2D eigenvalue weighted by Crippen LogP contribution is -2.01. The number of aryl methyl sites for hydroxylation is 1. The third-order valence-corrected chi connectivity index (χ3v) is 5.16. The van der Waals surface area contributed by atoms with Gasteiger partial charge in [-0.1, -0.05) is 33.6 Å². The van der Waals surface area contributed by atoms with Crippen molar-refractivity contribution in [1.82, 2.24) is 0 Å². The lowest BCUT2D eigenvalue weighted by atomic mass is 10.0. The number of rotatable bonds is 4. The summed E-state index contributed by atoms with van der Waals surface area (Å²) in [6.07, 6.45) is 0. The molecule has 2 nitrogen and oxygen atoms in total. The molecule has 2 rings (SSSR count). The van der Waals surface area contributed by atoms with Gasteiger partial charge in [-0.25, -0.2) is 0 Å². The molecule has 0 N–H and O–H groups in total. The fourth-order valence-electron chi connectivity index (χ4n) is 2.14. The van der Waals surface area contributed by atoms with Crippen molar-refractivity contribution in [2.24, 2.45) is 0 Å². The van der Waals surface area contributed by atoms with Crippen LogP contribution < -0.4 is 9.47 Å². The predicted molar refractivity (Wildman–Crippen MR) is 93.8 cm³/mol. The molecule has 2 aromatic rings. The highest BCUT2D eigenvalue weighted by molar-refractivity contribution is 9.11. The van der Waals surface area contributed by atoms with E-state index < -0.39 is 0 Å². The van der Waals surface area contributed by atoms with E-state index in [0.29, 0.717) is 11.5 Å². The Labute approximate surface area is 146 Å². The summed E-state index contributed by atoms with van der Waals surface area (Å²) in [5.41, 5.74) is 3.05. The van der Waals surface area contributed by atoms with Crippen LogP contribution in [0.1, 0.15) is 22.1 Å². The minimum atomic E-state index is -0.323. The number of methoxy groups -OCH3 is 2. The Balaban J connectivity index is 2.55. The smallest absolute Gasteiger partial charge is 0.141 e. The van der Waals surface area contributed by atoms with Gasteiger partial charge in [0.25, 0.3) is 0 Å². The summed E-state index contributed by atoms with van der Waals surface area (Å²) in [6.45, 7) is 2.04. The van der Waals surface area contributed by atoms with Crippen molar-refractivity contribution in [1.29, 1.82) is 0 Å². The van der Waals surface area contributed by atoms with E-state index in [1.807, 2.05) is 31.2 Å². The van der Waals surface area contributed by atoms with Crippen molar-refractivity contribution in [2.45, 2.75) is 12.3 Å². The van der Waals surface area contributed by atoms with Crippen molar-refractivity contribution >= 4 is 43.5 Å². The average Bonchev–Trinajstić information content (AvgIpc) is 2.48. The molecule has 0 spiro atoms. The van der Waals surface area contributed by atoms with Gasteiger partial charge in [0.15, 0.2) is 0 Å². The molecule has 0 heterocycles. The summed E-state index contributed by atoms with van der Waals surface area (Å²) >= 11 is 13.8. The van der Waals surface area contributed by atoms with Crippen LogP contribution in [0.25, 0.3) is 0 Å². The van der Waals surface area contributed by atoms with Crippen molar-refractivity contribution in [3.63, 3.8) is 0 Å². The summed E-state index contributed by atoms with van der Waals surface area (Å²) in [6, 6.07) is 9.92. The Kier molecular flexibility index (Phi) is 5.58. The normalized spacial score (nSPS) is 12.1. The molecule has 0 amide bonds. The maximum absolute atomic E-state index is 6.69. The number of halogens is 3. The van der Waals surface area contributed by atoms with Gasteiger partial charge in [-0.15, -0.1) is 11.6 Å². The zero-order valence-electron chi connectivity index (χ0n) is 11.9. The third-order valence-electron chi connectivity index (χ3n) is 3.21. The maximum Gasteiger partial charge on any atom is 0.141 e. The van der Waals surface area contributed by atoms with Gasteiger partial charge < -0.3 is 9.47 Å². The number of benzene rings is 2. The minimum Gasteiger partial charge on any atom is -0.495 e. The van der Waals surface area contributed by atoms with Gasteiger partial charge in [0.1, 0.15) is 16.0 Å². The molecule has 21 heavy (non-hydrogen) atoms. The summed E-state index contributed by atoms with van der Waals surface area (Å²) in [5.74, 6) is 1.39. The van der Waals surface area contributed by atoms with Crippen molar-refractivity contribution < 1.29 is 9.47 Å². The molecule has 2 aromatic carbocycles. The third kappa shape index (κ3) is 3.38. The number of hydrogen-bond acceptors (Lipinski definition) is 2. The first-order chi connectivity index (χ1) is 9.99. The summed E-state index contributed by atoms with van der Waals surface area (Å²) in [5, 5.41) is -0.323. The molecule has 1 unspecified atom stereocenters. The SMILES string of the molecule is COc1ccc(C(Cl)c2cc(C)ccc2Br)c(OC)c1Br. The molecule has 0 fully saturated rings. The van der Waals surface area contributed by atoms with E-state index in [1.54, 1.807) is 14.2 Å². The van der Waals surface area contributed by atoms with E-state index in [1.165, 1.54) is 0 Å². The monoisotopic (exact) mass is 432 g/mol. The van der Waals surface area contributed by atoms with Crippen LogP contribution in [0.3, 0.4) is 0 Å². The maximum atomic E-state index is 6.69. The van der Waals surface area contributed by atoms with Crippen molar-refractivity contribution in [2.75, 3.05) is 14.2 Å². The first kappa shape index (κ1) is 16.7. The standard InChI is InChI=1S/C16H15Br2ClO2/c1-9-4-6-12(17)11(8-9)15(19)10-5-7-13(20-2)14(18)16(10)21-3/h4-8,15H,1-3H3. The lowest BCUT2D eigenvalue weighted by molar-refractivity contribution is 0.386. The quantitative estimate of drug-likeness (QED) is 0.561. The van der Waals surface area contributed by atoms with Gasteiger partial charge in [-0.2, -0.15) is 0 Å². The molecule has 0 aliphatic heterocycles. The Morgan fingerprint density at radius 1 is 1.00 bits per heavy atom. The van der Waals surface area contributed by atoms with Gasteiger partial charge in [-0.05, 0) is 46.6 Å². The summed E-state index contributed by atoms with van der Waals surface area (Å²) in [7, 11) is 3.24. The molecule has 0 radical (unpaired) electrons. The Morgan fingerprint density at radius 2 is 1.71 bits per heavy atom. The van der Waals surface area contributed by atoms with E-state index in [-0.39, 0.29) is 5.38 Å². The molecule has 0 saturated carbocycles. The van der Waals surface area contributed by atoms with Crippen LogP contribution in [0, 0.1) is 6.92 Å². The van der Waals surface area contributed by atoms with Gasteiger partial charge in [0.05, 0.1) is 19.6 Å². The van der Waals surface area contributed by atoms with Crippen LogP contribution in [0.5, 0.6) is 11.5 Å². The first-order valence-corrected chi connectivity index (χ1v) is 8.32. The highest BCUT2D eigenvalue weighted by Crippen LogP contribution is 2.44. The van der Waals surface area contributed by atoms with Gasteiger partial charge in [0.2, 0.25) is 0 Å². The van der Waals surface area contributed by atoms with Crippen molar-refractivity contribution in [3.05, 3.63) is 56.0 Å².